The van der Waals surface area contributed by atoms with Gasteiger partial charge in [0.15, 0.2) is 0 Å². The van der Waals surface area contributed by atoms with Crippen LogP contribution in [0, 0.1) is 0 Å². The van der Waals surface area contributed by atoms with Gasteiger partial charge < -0.3 is 4.90 Å². The molecule has 2 nitrogen and oxygen atoms in total. The molecule has 0 radical (unpaired) electrons. The summed E-state index contributed by atoms with van der Waals surface area (Å²) in [5.74, 6) is 0. The average Bonchev–Trinajstić information content (AvgIpc) is 3.56. The lowest BCUT2D eigenvalue weighted by Crippen LogP contribution is -2.09. The minimum absolute atomic E-state index is 1.07. The van der Waals surface area contributed by atoms with Gasteiger partial charge in [-0.15, -0.1) is 11.3 Å². The molecule has 0 fully saturated rings. The number of anilines is 3. The van der Waals surface area contributed by atoms with Crippen LogP contribution in [0.5, 0.6) is 0 Å². The Morgan fingerprint density at radius 2 is 1.02 bits per heavy atom. The Morgan fingerprint density at radius 1 is 0.400 bits per heavy atom. The van der Waals surface area contributed by atoms with Gasteiger partial charge in [0.25, 0.3) is 0 Å². The SMILES string of the molecule is c1ccc(-c2ccc(N(c3ccc(-c4cc5ccc6ccccc6c5c5ccccc45)cc3)c3ccc4sc5ncccc5c4c3)cc2)cc1. The highest BCUT2D eigenvalue weighted by atomic mass is 32.1. The summed E-state index contributed by atoms with van der Waals surface area (Å²) in [5, 5.41) is 10.1. The van der Waals surface area contributed by atoms with E-state index in [4.69, 9.17) is 0 Å². The zero-order valence-corrected chi connectivity index (χ0v) is 27.9. The van der Waals surface area contributed by atoms with Gasteiger partial charge in [0.05, 0.1) is 0 Å². The third-order valence-electron chi connectivity index (χ3n) is 9.91. The van der Waals surface area contributed by atoms with Crippen molar-refractivity contribution in [2.24, 2.45) is 0 Å². The maximum atomic E-state index is 4.65. The first-order valence-corrected chi connectivity index (χ1v) is 17.8. The number of hydrogen-bond acceptors (Lipinski definition) is 3. The van der Waals surface area contributed by atoms with E-state index in [-0.39, 0.29) is 0 Å². The predicted octanol–water partition coefficient (Wildman–Crippen LogP) is 13.7. The van der Waals surface area contributed by atoms with Gasteiger partial charge in [-0.2, -0.15) is 0 Å². The lowest BCUT2D eigenvalue weighted by atomic mass is 9.90. The van der Waals surface area contributed by atoms with Gasteiger partial charge in [-0.25, -0.2) is 4.98 Å². The summed E-state index contributed by atoms with van der Waals surface area (Å²) in [6.45, 7) is 0. The maximum Gasteiger partial charge on any atom is 0.124 e. The molecular weight excluding hydrogens is 625 g/mol. The fraction of sp³-hybridized carbons (Fsp3) is 0. The quantitative estimate of drug-likeness (QED) is 0.172. The molecule has 0 spiro atoms. The van der Waals surface area contributed by atoms with E-state index in [0.717, 1.165) is 21.9 Å². The second-order valence-electron chi connectivity index (χ2n) is 12.8. The highest BCUT2D eigenvalue weighted by molar-refractivity contribution is 7.25. The zero-order chi connectivity index (χ0) is 33.0. The van der Waals surface area contributed by atoms with E-state index in [9.17, 15) is 0 Å². The van der Waals surface area contributed by atoms with E-state index in [1.807, 2.05) is 12.3 Å². The first-order valence-electron chi connectivity index (χ1n) is 17.0. The van der Waals surface area contributed by atoms with Crippen LogP contribution in [-0.2, 0) is 0 Å². The molecule has 0 aliphatic heterocycles. The van der Waals surface area contributed by atoms with Gasteiger partial charge in [0.1, 0.15) is 4.83 Å². The Balaban J connectivity index is 1.12. The van der Waals surface area contributed by atoms with Crippen LogP contribution in [0.4, 0.5) is 17.1 Å². The Morgan fingerprint density at radius 3 is 1.82 bits per heavy atom. The second kappa shape index (κ2) is 11.7. The van der Waals surface area contributed by atoms with Crippen molar-refractivity contribution in [2.75, 3.05) is 4.90 Å². The summed E-state index contributed by atoms with van der Waals surface area (Å²) >= 11 is 1.75. The van der Waals surface area contributed by atoms with Crippen LogP contribution in [0.1, 0.15) is 0 Å². The molecule has 10 aromatic rings. The molecule has 0 saturated heterocycles. The van der Waals surface area contributed by atoms with Crippen LogP contribution in [0.25, 0.3) is 74.9 Å². The summed E-state index contributed by atoms with van der Waals surface area (Å²) in [5.41, 5.74) is 8.18. The molecule has 0 amide bonds. The molecular formula is C47H30N2S. The van der Waals surface area contributed by atoms with Crippen molar-refractivity contribution in [3.8, 4) is 22.3 Å². The minimum atomic E-state index is 1.07. The lowest BCUT2D eigenvalue weighted by molar-refractivity contribution is 1.29. The molecule has 234 valence electrons. The molecule has 2 aromatic heterocycles. The maximum absolute atomic E-state index is 4.65. The van der Waals surface area contributed by atoms with Crippen LogP contribution in [0.2, 0.25) is 0 Å². The highest BCUT2D eigenvalue weighted by Gasteiger charge is 2.17. The highest BCUT2D eigenvalue weighted by Crippen LogP contribution is 2.42. The third-order valence-corrected chi connectivity index (χ3v) is 11.0. The fourth-order valence-electron chi connectivity index (χ4n) is 7.53. The largest absolute Gasteiger partial charge is 0.310 e. The Labute approximate surface area is 294 Å². The molecule has 0 N–H and O–H groups in total. The first kappa shape index (κ1) is 28.7. The predicted molar refractivity (Wildman–Crippen MR) is 215 cm³/mol. The van der Waals surface area contributed by atoms with Crippen molar-refractivity contribution in [1.82, 2.24) is 4.98 Å². The smallest absolute Gasteiger partial charge is 0.124 e. The molecule has 2 heterocycles. The van der Waals surface area contributed by atoms with Gasteiger partial charge in [0, 0.05) is 38.7 Å². The average molecular weight is 655 g/mol. The van der Waals surface area contributed by atoms with Gasteiger partial charge in [-0.3, -0.25) is 0 Å². The summed E-state index contributed by atoms with van der Waals surface area (Å²) in [6.07, 6.45) is 1.88. The Bertz CT molecular complexity index is 2850. The van der Waals surface area contributed by atoms with E-state index >= 15 is 0 Å². The number of rotatable bonds is 5. The molecule has 0 aliphatic rings. The van der Waals surface area contributed by atoms with Crippen molar-refractivity contribution in [3.05, 3.63) is 182 Å². The lowest BCUT2D eigenvalue weighted by Gasteiger charge is -2.26. The van der Waals surface area contributed by atoms with Gasteiger partial charge in [-0.05, 0) is 115 Å². The summed E-state index contributed by atoms with van der Waals surface area (Å²) in [4.78, 5) is 8.08. The molecule has 8 aromatic carbocycles. The number of nitrogens with zero attached hydrogens (tertiary/aromatic N) is 2. The standard InChI is InChI=1S/C47H30N2S/c1-2-9-31(10-3-1)32-18-22-36(23-19-32)49(38-26-27-45-44(30-38)42-15-8-28-48-47(42)50-45)37-24-20-34(21-25-37)43-29-35-17-16-33-11-4-5-12-39(33)46(35)41-14-7-6-13-40(41)43/h1-30H. The number of thiophene rings is 1. The Kier molecular flexibility index (Phi) is 6.71. The van der Waals surface area contributed by atoms with E-state index in [2.05, 4.69) is 180 Å². The summed E-state index contributed by atoms with van der Waals surface area (Å²) in [6, 6.07) is 63.9. The monoisotopic (exact) mass is 654 g/mol. The molecule has 50 heavy (non-hydrogen) atoms. The summed E-state index contributed by atoms with van der Waals surface area (Å²) in [7, 11) is 0. The first-order chi connectivity index (χ1) is 24.8. The molecule has 3 heteroatoms. The second-order valence-corrected chi connectivity index (χ2v) is 13.8. The van der Waals surface area contributed by atoms with Crippen molar-refractivity contribution < 1.29 is 0 Å². The fourth-order valence-corrected chi connectivity index (χ4v) is 8.55. The minimum Gasteiger partial charge on any atom is -0.310 e. The van der Waals surface area contributed by atoms with Crippen molar-refractivity contribution >= 4 is 81.0 Å². The van der Waals surface area contributed by atoms with Gasteiger partial charge in [-0.1, -0.05) is 115 Å². The molecule has 10 rings (SSSR count). The molecule has 0 aliphatic carbocycles. The third kappa shape index (κ3) is 4.74. The van der Waals surface area contributed by atoms with Gasteiger partial charge in [0.2, 0.25) is 0 Å². The number of hydrogen-bond donors (Lipinski definition) is 0. The van der Waals surface area contributed by atoms with E-state index < -0.39 is 0 Å². The van der Waals surface area contributed by atoms with Crippen LogP contribution in [0.15, 0.2) is 182 Å². The Hall–Kier alpha value is -6.29. The van der Waals surface area contributed by atoms with Crippen molar-refractivity contribution in [1.29, 1.82) is 0 Å². The molecule has 0 unspecified atom stereocenters. The van der Waals surface area contributed by atoms with E-state index in [1.165, 1.54) is 70.0 Å². The number of fused-ring (bicyclic) bond motifs is 8. The van der Waals surface area contributed by atoms with Crippen LogP contribution < -0.4 is 4.90 Å². The van der Waals surface area contributed by atoms with Crippen LogP contribution in [-0.4, -0.2) is 4.98 Å². The van der Waals surface area contributed by atoms with Crippen molar-refractivity contribution in [2.45, 2.75) is 0 Å². The number of pyridine rings is 1. The van der Waals surface area contributed by atoms with Gasteiger partial charge >= 0.3 is 0 Å². The van der Waals surface area contributed by atoms with Crippen molar-refractivity contribution in [3.63, 3.8) is 0 Å². The van der Waals surface area contributed by atoms with E-state index in [0.29, 0.717) is 0 Å². The summed E-state index contributed by atoms with van der Waals surface area (Å²) < 4.78 is 1.24. The number of aromatic nitrogens is 1. The normalized spacial score (nSPS) is 11.6. The number of benzene rings is 8. The molecule has 0 bridgehead atoms. The van der Waals surface area contributed by atoms with Crippen LogP contribution >= 0.6 is 11.3 Å². The topological polar surface area (TPSA) is 16.1 Å². The molecule has 0 saturated carbocycles. The molecule has 0 atom stereocenters. The van der Waals surface area contributed by atoms with Crippen LogP contribution in [0.3, 0.4) is 0 Å². The zero-order valence-electron chi connectivity index (χ0n) is 27.1. The van der Waals surface area contributed by atoms with E-state index in [1.54, 1.807) is 11.3 Å².